The highest BCUT2D eigenvalue weighted by Crippen LogP contribution is 2.27. The molecule has 1 N–H and O–H groups in total. The number of nitrogens with one attached hydrogen (secondary N) is 1. The summed E-state index contributed by atoms with van der Waals surface area (Å²) in [6.45, 7) is 4.41. The molecule has 0 aliphatic rings. The van der Waals surface area contributed by atoms with Crippen molar-refractivity contribution in [1.82, 2.24) is 20.1 Å². The standard InChI is InChI=1S/C17H20N4O2S2/c1-11-14(7-9-23-11)15-19-20-17(21(15)3)25-12(2)16(22)18-8-6-13-5-4-10-24-13/h4-5,7,9-10,12H,6,8H2,1-3H3,(H,18,22). The quantitative estimate of drug-likeness (QED) is 0.641. The molecule has 3 heterocycles. The maximum absolute atomic E-state index is 12.3. The first-order chi connectivity index (χ1) is 12.1. The molecule has 6 nitrogen and oxygen atoms in total. The van der Waals surface area contributed by atoms with Crippen LogP contribution in [-0.4, -0.2) is 32.5 Å². The first-order valence-electron chi connectivity index (χ1n) is 7.97. The summed E-state index contributed by atoms with van der Waals surface area (Å²) in [6, 6.07) is 5.97. The van der Waals surface area contributed by atoms with Gasteiger partial charge in [0.1, 0.15) is 5.76 Å². The van der Waals surface area contributed by atoms with E-state index in [9.17, 15) is 4.79 Å². The summed E-state index contributed by atoms with van der Waals surface area (Å²) in [5.41, 5.74) is 0.912. The van der Waals surface area contributed by atoms with Crippen LogP contribution >= 0.6 is 23.1 Å². The van der Waals surface area contributed by atoms with Gasteiger partial charge < -0.3 is 14.3 Å². The lowest BCUT2D eigenvalue weighted by Crippen LogP contribution is -2.32. The Labute approximate surface area is 154 Å². The molecule has 0 saturated carbocycles. The molecule has 8 heteroatoms. The van der Waals surface area contributed by atoms with E-state index in [1.807, 2.05) is 43.0 Å². The first kappa shape index (κ1) is 17.8. The molecule has 3 rings (SSSR count). The first-order valence-corrected chi connectivity index (χ1v) is 9.73. The van der Waals surface area contributed by atoms with Gasteiger partial charge in [-0.1, -0.05) is 17.8 Å². The molecule has 3 aromatic rings. The van der Waals surface area contributed by atoms with Crippen LogP contribution < -0.4 is 5.32 Å². The number of carbonyl (C=O) groups is 1. The van der Waals surface area contributed by atoms with Gasteiger partial charge in [-0.05, 0) is 37.8 Å². The molecule has 1 atom stereocenters. The van der Waals surface area contributed by atoms with Gasteiger partial charge in [0.25, 0.3) is 0 Å². The normalized spacial score (nSPS) is 12.3. The third-order valence-corrected chi connectivity index (χ3v) is 5.91. The van der Waals surface area contributed by atoms with Crippen molar-refractivity contribution in [2.24, 2.45) is 7.05 Å². The van der Waals surface area contributed by atoms with Gasteiger partial charge in [-0.25, -0.2) is 0 Å². The van der Waals surface area contributed by atoms with E-state index in [4.69, 9.17) is 4.42 Å². The lowest BCUT2D eigenvalue weighted by Gasteiger charge is -2.11. The fraction of sp³-hybridized carbons (Fsp3) is 0.353. The number of aryl methyl sites for hydroxylation is 1. The van der Waals surface area contributed by atoms with Gasteiger partial charge in [-0.3, -0.25) is 4.79 Å². The monoisotopic (exact) mass is 376 g/mol. The maximum Gasteiger partial charge on any atom is 0.233 e. The van der Waals surface area contributed by atoms with E-state index in [0.29, 0.717) is 11.7 Å². The van der Waals surface area contributed by atoms with Crippen LogP contribution in [0.3, 0.4) is 0 Å². The van der Waals surface area contributed by atoms with Crippen molar-refractivity contribution in [2.45, 2.75) is 30.7 Å². The number of nitrogens with zero attached hydrogens (tertiary/aromatic N) is 3. The van der Waals surface area contributed by atoms with Crippen molar-refractivity contribution >= 4 is 29.0 Å². The second-order valence-corrected chi connectivity index (χ2v) is 7.98. The molecular formula is C17H20N4O2S2. The zero-order valence-electron chi connectivity index (χ0n) is 14.4. The van der Waals surface area contributed by atoms with Gasteiger partial charge >= 0.3 is 0 Å². The molecule has 0 aromatic carbocycles. The number of rotatable bonds is 7. The second kappa shape index (κ2) is 7.88. The van der Waals surface area contributed by atoms with E-state index >= 15 is 0 Å². The molecule has 0 bridgehead atoms. The number of thioether (sulfide) groups is 1. The second-order valence-electron chi connectivity index (χ2n) is 5.64. The van der Waals surface area contributed by atoms with E-state index in [-0.39, 0.29) is 11.2 Å². The van der Waals surface area contributed by atoms with E-state index in [1.54, 1.807) is 17.6 Å². The SMILES string of the molecule is Cc1occc1-c1nnc(SC(C)C(=O)NCCc2cccs2)n1C. The summed E-state index contributed by atoms with van der Waals surface area (Å²) in [7, 11) is 1.89. The maximum atomic E-state index is 12.3. The van der Waals surface area contributed by atoms with Crippen LogP contribution in [0, 0.1) is 6.92 Å². The molecule has 132 valence electrons. The summed E-state index contributed by atoms with van der Waals surface area (Å²) < 4.78 is 7.21. The average Bonchev–Trinajstić information content (AvgIpc) is 3.31. The Balaban J connectivity index is 1.57. The third-order valence-electron chi connectivity index (χ3n) is 3.84. The third kappa shape index (κ3) is 4.13. The fourth-order valence-electron chi connectivity index (χ4n) is 2.39. The molecule has 1 amide bonds. The van der Waals surface area contributed by atoms with E-state index in [1.165, 1.54) is 16.6 Å². The van der Waals surface area contributed by atoms with Crippen molar-refractivity contribution in [3.8, 4) is 11.4 Å². The molecular weight excluding hydrogens is 356 g/mol. The highest BCUT2D eigenvalue weighted by atomic mass is 32.2. The molecule has 0 radical (unpaired) electrons. The van der Waals surface area contributed by atoms with Gasteiger partial charge in [0.15, 0.2) is 11.0 Å². The molecule has 1 unspecified atom stereocenters. The Kier molecular flexibility index (Phi) is 5.60. The van der Waals surface area contributed by atoms with E-state index in [0.717, 1.165) is 23.6 Å². The minimum Gasteiger partial charge on any atom is -0.469 e. The summed E-state index contributed by atoms with van der Waals surface area (Å²) >= 11 is 3.10. The van der Waals surface area contributed by atoms with Crippen molar-refractivity contribution in [2.75, 3.05) is 6.54 Å². The van der Waals surface area contributed by atoms with Crippen LogP contribution in [0.5, 0.6) is 0 Å². The molecule has 0 fully saturated rings. The van der Waals surface area contributed by atoms with E-state index < -0.39 is 0 Å². The van der Waals surface area contributed by atoms with Gasteiger partial charge in [-0.2, -0.15) is 0 Å². The Morgan fingerprint density at radius 2 is 2.28 bits per heavy atom. The largest absolute Gasteiger partial charge is 0.469 e. The Morgan fingerprint density at radius 3 is 2.96 bits per heavy atom. The Hall–Kier alpha value is -2.06. The summed E-state index contributed by atoms with van der Waals surface area (Å²) in [5, 5.41) is 13.9. The smallest absolute Gasteiger partial charge is 0.233 e. The van der Waals surface area contributed by atoms with Crippen LogP contribution in [0.25, 0.3) is 11.4 Å². The molecule has 0 aliphatic carbocycles. The minimum absolute atomic E-state index is 0.00518. The van der Waals surface area contributed by atoms with Crippen molar-refractivity contribution in [3.63, 3.8) is 0 Å². The lowest BCUT2D eigenvalue weighted by atomic mass is 10.2. The van der Waals surface area contributed by atoms with Crippen molar-refractivity contribution in [3.05, 3.63) is 40.5 Å². The van der Waals surface area contributed by atoms with Crippen LogP contribution in [0.4, 0.5) is 0 Å². The predicted molar refractivity (Wildman–Crippen MR) is 99.8 cm³/mol. The average molecular weight is 377 g/mol. The van der Waals surface area contributed by atoms with Gasteiger partial charge in [-0.15, -0.1) is 21.5 Å². The summed E-state index contributed by atoms with van der Waals surface area (Å²) in [5.74, 6) is 1.54. The zero-order chi connectivity index (χ0) is 17.8. The number of carbonyl (C=O) groups excluding carboxylic acids is 1. The van der Waals surface area contributed by atoms with Crippen LogP contribution in [-0.2, 0) is 18.3 Å². The molecule has 0 spiro atoms. The highest BCUT2D eigenvalue weighted by molar-refractivity contribution is 8.00. The number of furan rings is 1. The predicted octanol–water partition coefficient (Wildman–Crippen LogP) is 3.28. The summed E-state index contributed by atoms with van der Waals surface area (Å²) in [4.78, 5) is 13.5. The fourth-order valence-corrected chi connectivity index (χ4v) is 3.94. The van der Waals surface area contributed by atoms with Gasteiger partial charge in [0.05, 0.1) is 17.1 Å². The number of thiophene rings is 1. The van der Waals surface area contributed by atoms with Crippen molar-refractivity contribution < 1.29 is 9.21 Å². The Bertz CT molecular complexity index is 839. The number of hydrogen-bond donors (Lipinski definition) is 1. The summed E-state index contributed by atoms with van der Waals surface area (Å²) in [6.07, 6.45) is 2.49. The topological polar surface area (TPSA) is 72.9 Å². The van der Waals surface area contributed by atoms with E-state index in [2.05, 4.69) is 21.6 Å². The Morgan fingerprint density at radius 1 is 1.44 bits per heavy atom. The number of hydrogen-bond acceptors (Lipinski definition) is 6. The molecule has 0 saturated heterocycles. The molecule has 3 aromatic heterocycles. The highest BCUT2D eigenvalue weighted by Gasteiger charge is 2.20. The number of aromatic nitrogens is 3. The van der Waals surface area contributed by atoms with Gasteiger partial charge in [0.2, 0.25) is 5.91 Å². The van der Waals surface area contributed by atoms with Crippen LogP contribution in [0.2, 0.25) is 0 Å². The zero-order valence-corrected chi connectivity index (χ0v) is 16.0. The minimum atomic E-state index is -0.246. The van der Waals surface area contributed by atoms with Gasteiger partial charge in [0, 0.05) is 18.5 Å². The van der Waals surface area contributed by atoms with Crippen LogP contribution in [0.1, 0.15) is 17.6 Å². The molecule has 25 heavy (non-hydrogen) atoms. The number of amides is 1. The van der Waals surface area contributed by atoms with Crippen molar-refractivity contribution in [1.29, 1.82) is 0 Å². The molecule has 0 aliphatic heterocycles. The lowest BCUT2D eigenvalue weighted by molar-refractivity contribution is -0.120. The van der Waals surface area contributed by atoms with Crippen LogP contribution in [0.15, 0.2) is 39.4 Å².